The van der Waals surface area contributed by atoms with E-state index in [1.807, 2.05) is 25.2 Å². The van der Waals surface area contributed by atoms with Crippen molar-refractivity contribution in [3.05, 3.63) is 29.3 Å². The number of ether oxygens (including phenoxy) is 1. The Balaban J connectivity index is 2.02. The van der Waals surface area contributed by atoms with Crippen molar-refractivity contribution in [1.29, 1.82) is 0 Å². The SMILES string of the molecule is CN[C@H]1CCC[C@@H](Oc2cccc(Cl)c2)[C@@H]1O. The van der Waals surface area contributed by atoms with Gasteiger partial charge in [0.15, 0.2) is 0 Å². The average molecular weight is 256 g/mol. The summed E-state index contributed by atoms with van der Waals surface area (Å²) in [6, 6.07) is 7.41. The Labute approximate surface area is 107 Å². The topological polar surface area (TPSA) is 41.5 Å². The van der Waals surface area contributed by atoms with Crippen molar-refractivity contribution >= 4 is 11.6 Å². The molecule has 0 spiro atoms. The Hall–Kier alpha value is -0.770. The molecule has 1 aromatic carbocycles. The molecule has 1 fully saturated rings. The molecule has 0 amide bonds. The van der Waals surface area contributed by atoms with Crippen LogP contribution in [0.4, 0.5) is 0 Å². The Morgan fingerprint density at radius 1 is 1.41 bits per heavy atom. The van der Waals surface area contributed by atoms with Gasteiger partial charge in [0, 0.05) is 11.1 Å². The summed E-state index contributed by atoms with van der Waals surface area (Å²) in [5, 5.41) is 13.9. The highest BCUT2D eigenvalue weighted by molar-refractivity contribution is 6.30. The zero-order valence-corrected chi connectivity index (χ0v) is 10.7. The standard InChI is InChI=1S/C13H18ClNO2/c1-15-11-6-3-7-12(13(11)16)17-10-5-2-4-9(14)8-10/h2,4-5,8,11-13,15-16H,3,6-7H2,1H3/t11-,12+,13+/m0/s1. The zero-order chi connectivity index (χ0) is 12.3. The van der Waals surface area contributed by atoms with Gasteiger partial charge in [0.25, 0.3) is 0 Å². The van der Waals surface area contributed by atoms with E-state index in [-0.39, 0.29) is 12.1 Å². The van der Waals surface area contributed by atoms with Gasteiger partial charge in [0.05, 0.1) is 0 Å². The maximum Gasteiger partial charge on any atom is 0.126 e. The predicted octanol–water partition coefficient (Wildman–Crippen LogP) is 2.22. The second-order valence-corrected chi connectivity index (χ2v) is 4.87. The Morgan fingerprint density at radius 3 is 2.94 bits per heavy atom. The summed E-state index contributed by atoms with van der Waals surface area (Å²) in [6.45, 7) is 0. The van der Waals surface area contributed by atoms with Gasteiger partial charge in [-0.2, -0.15) is 0 Å². The van der Waals surface area contributed by atoms with Crippen molar-refractivity contribution in [1.82, 2.24) is 5.32 Å². The third-order valence-electron chi connectivity index (χ3n) is 3.25. The van der Waals surface area contributed by atoms with Crippen molar-refractivity contribution in [3.63, 3.8) is 0 Å². The fraction of sp³-hybridized carbons (Fsp3) is 0.538. The van der Waals surface area contributed by atoms with Gasteiger partial charge < -0.3 is 15.2 Å². The first-order chi connectivity index (χ1) is 8.20. The van der Waals surface area contributed by atoms with Crippen LogP contribution in [0.25, 0.3) is 0 Å². The van der Waals surface area contributed by atoms with Crippen molar-refractivity contribution < 1.29 is 9.84 Å². The molecule has 3 atom stereocenters. The molecule has 3 nitrogen and oxygen atoms in total. The van der Waals surface area contributed by atoms with Crippen molar-refractivity contribution in [3.8, 4) is 5.75 Å². The highest BCUT2D eigenvalue weighted by Crippen LogP contribution is 2.25. The molecule has 94 valence electrons. The fourth-order valence-electron chi connectivity index (χ4n) is 2.30. The Bertz CT molecular complexity index is 372. The van der Waals surface area contributed by atoms with Crippen LogP contribution in [0.3, 0.4) is 0 Å². The first kappa shape index (κ1) is 12.7. The monoisotopic (exact) mass is 255 g/mol. The fourth-order valence-corrected chi connectivity index (χ4v) is 2.48. The number of benzene rings is 1. The summed E-state index contributed by atoms with van der Waals surface area (Å²) in [4.78, 5) is 0. The molecule has 0 aliphatic heterocycles. The lowest BCUT2D eigenvalue weighted by atomic mass is 9.90. The quantitative estimate of drug-likeness (QED) is 0.870. The smallest absolute Gasteiger partial charge is 0.126 e. The van der Waals surface area contributed by atoms with Gasteiger partial charge in [-0.05, 0) is 44.5 Å². The molecule has 0 heterocycles. The number of hydrogen-bond donors (Lipinski definition) is 2. The summed E-state index contributed by atoms with van der Waals surface area (Å²) in [6.07, 6.45) is 2.32. The zero-order valence-electron chi connectivity index (χ0n) is 9.90. The van der Waals surface area contributed by atoms with Gasteiger partial charge in [-0.25, -0.2) is 0 Å². The van der Waals surface area contributed by atoms with Gasteiger partial charge in [0.1, 0.15) is 18.0 Å². The maximum atomic E-state index is 10.1. The number of hydrogen-bond acceptors (Lipinski definition) is 3. The van der Waals surface area contributed by atoms with Crippen LogP contribution >= 0.6 is 11.6 Å². The molecule has 17 heavy (non-hydrogen) atoms. The number of aliphatic hydroxyl groups is 1. The minimum Gasteiger partial charge on any atom is -0.488 e. The summed E-state index contributed by atoms with van der Waals surface area (Å²) in [7, 11) is 1.87. The largest absolute Gasteiger partial charge is 0.488 e. The van der Waals surface area contributed by atoms with Crippen LogP contribution in [-0.4, -0.2) is 30.4 Å². The summed E-state index contributed by atoms with van der Waals surface area (Å²) < 4.78 is 5.81. The third-order valence-corrected chi connectivity index (χ3v) is 3.49. The molecule has 1 aliphatic carbocycles. The predicted molar refractivity (Wildman–Crippen MR) is 68.6 cm³/mol. The Kier molecular flexibility index (Phi) is 4.26. The van der Waals surface area contributed by atoms with Crippen molar-refractivity contribution in [2.75, 3.05) is 7.05 Å². The van der Waals surface area contributed by atoms with E-state index >= 15 is 0 Å². The van der Waals surface area contributed by atoms with Crippen molar-refractivity contribution in [2.45, 2.75) is 37.5 Å². The van der Waals surface area contributed by atoms with E-state index in [0.717, 1.165) is 25.0 Å². The first-order valence-corrected chi connectivity index (χ1v) is 6.36. The Morgan fingerprint density at radius 2 is 2.24 bits per heavy atom. The molecule has 0 radical (unpaired) electrons. The lowest BCUT2D eigenvalue weighted by Gasteiger charge is -2.34. The van der Waals surface area contributed by atoms with Crippen LogP contribution < -0.4 is 10.1 Å². The van der Waals surface area contributed by atoms with Gasteiger partial charge in [-0.3, -0.25) is 0 Å². The van der Waals surface area contributed by atoms with Gasteiger partial charge in [-0.15, -0.1) is 0 Å². The average Bonchev–Trinajstić information content (AvgIpc) is 2.32. The van der Waals surface area contributed by atoms with Gasteiger partial charge in [0.2, 0.25) is 0 Å². The molecule has 1 aliphatic rings. The van der Waals surface area contributed by atoms with E-state index in [1.54, 1.807) is 6.07 Å². The lowest BCUT2D eigenvalue weighted by molar-refractivity contribution is -0.0134. The van der Waals surface area contributed by atoms with Gasteiger partial charge >= 0.3 is 0 Å². The molecule has 0 unspecified atom stereocenters. The van der Waals surface area contributed by atoms with E-state index in [0.29, 0.717) is 5.02 Å². The summed E-state index contributed by atoms with van der Waals surface area (Å²) in [5.74, 6) is 0.721. The van der Waals surface area contributed by atoms with Crippen LogP contribution in [0.2, 0.25) is 5.02 Å². The third kappa shape index (κ3) is 3.12. The van der Waals surface area contributed by atoms with Crippen LogP contribution in [0.5, 0.6) is 5.75 Å². The van der Waals surface area contributed by atoms with E-state index in [9.17, 15) is 5.11 Å². The number of aliphatic hydroxyl groups excluding tert-OH is 1. The number of rotatable bonds is 3. The molecule has 1 aromatic rings. The molecule has 4 heteroatoms. The molecule has 1 saturated carbocycles. The summed E-state index contributed by atoms with van der Waals surface area (Å²) >= 11 is 5.90. The molecule has 0 saturated heterocycles. The molecule has 0 bridgehead atoms. The van der Waals surface area contributed by atoms with Crippen LogP contribution in [0.1, 0.15) is 19.3 Å². The summed E-state index contributed by atoms with van der Waals surface area (Å²) in [5.41, 5.74) is 0. The van der Waals surface area contributed by atoms with Gasteiger partial charge in [-0.1, -0.05) is 17.7 Å². The van der Waals surface area contributed by atoms with E-state index in [1.165, 1.54) is 0 Å². The van der Waals surface area contributed by atoms with Crippen molar-refractivity contribution in [2.24, 2.45) is 0 Å². The molecular weight excluding hydrogens is 238 g/mol. The number of nitrogens with one attached hydrogen (secondary N) is 1. The molecule has 2 rings (SSSR count). The second-order valence-electron chi connectivity index (χ2n) is 4.43. The van der Waals surface area contributed by atoms with E-state index < -0.39 is 6.10 Å². The second kappa shape index (κ2) is 5.71. The minimum absolute atomic E-state index is 0.118. The normalized spacial score (nSPS) is 29.0. The maximum absolute atomic E-state index is 10.1. The van der Waals surface area contributed by atoms with E-state index in [4.69, 9.17) is 16.3 Å². The highest BCUT2D eigenvalue weighted by Gasteiger charge is 2.32. The van der Waals surface area contributed by atoms with Crippen LogP contribution in [0, 0.1) is 0 Å². The molecule has 2 N–H and O–H groups in total. The molecule has 0 aromatic heterocycles. The van der Waals surface area contributed by atoms with Crippen LogP contribution in [0.15, 0.2) is 24.3 Å². The minimum atomic E-state index is -0.465. The number of likely N-dealkylation sites (N-methyl/N-ethyl adjacent to an activating group) is 1. The number of halogens is 1. The van der Waals surface area contributed by atoms with E-state index in [2.05, 4.69) is 5.32 Å². The first-order valence-electron chi connectivity index (χ1n) is 5.98. The highest BCUT2D eigenvalue weighted by atomic mass is 35.5. The lowest BCUT2D eigenvalue weighted by Crippen LogP contribution is -2.50. The van der Waals surface area contributed by atoms with Crippen LogP contribution in [-0.2, 0) is 0 Å². The molecular formula is C13H18ClNO2.